The lowest BCUT2D eigenvalue weighted by Crippen LogP contribution is -2.23. The van der Waals surface area contributed by atoms with Gasteiger partial charge in [0.05, 0.1) is 11.7 Å². The maximum atomic E-state index is 5.90. The summed E-state index contributed by atoms with van der Waals surface area (Å²) in [4.78, 5) is 0. The van der Waals surface area contributed by atoms with E-state index in [1.165, 1.54) is 11.1 Å². The van der Waals surface area contributed by atoms with Crippen molar-refractivity contribution in [1.29, 1.82) is 0 Å². The molecule has 0 aliphatic carbocycles. The van der Waals surface area contributed by atoms with Crippen molar-refractivity contribution in [1.82, 2.24) is 0 Å². The lowest BCUT2D eigenvalue weighted by molar-refractivity contribution is 0.286. The molecule has 2 aromatic carbocycles. The standard InChI is InChI=1S/C15H14ClNO/c1-10-2-7-15-13(8-10)17-14(9-18-15)11-3-5-12(16)6-4-11/h2-8,14,17H,9H2,1H3/t14-/m0/s1. The fourth-order valence-electron chi connectivity index (χ4n) is 2.16. The number of fused-ring (bicyclic) bond motifs is 1. The summed E-state index contributed by atoms with van der Waals surface area (Å²) in [6, 6.07) is 14.2. The van der Waals surface area contributed by atoms with E-state index < -0.39 is 0 Å². The minimum Gasteiger partial charge on any atom is -0.489 e. The van der Waals surface area contributed by atoms with Crippen LogP contribution >= 0.6 is 11.6 Å². The number of ether oxygens (including phenoxy) is 1. The van der Waals surface area contributed by atoms with Crippen LogP contribution in [0.1, 0.15) is 17.2 Å². The van der Waals surface area contributed by atoms with E-state index in [0.29, 0.717) is 6.61 Å². The van der Waals surface area contributed by atoms with Gasteiger partial charge in [-0.15, -0.1) is 0 Å². The van der Waals surface area contributed by atoms with Crippen molar-refractivity contribution in [3.05, 3.63) is 58.6 Å². The molecular formula is C15H14ClNO. The van der Waals surface area contributed by atoms with E-state index in [4.69, 9.17) is 16.3 Å². The molecule has 2 aromatic rings. The highest BCUT2D eigenvalue weighted by atomic mass is 35.5. The molecule has 3 heteroatoms. The van der Waals surface area contributed by atoms with Crippen molar-refractivity contribution >= 4 is 17.3 Å². The summed E-state index contributed by atoms with van der Waals surface area (Å²) in [7, 11) is 0. The van der Waals surface area contributed by atoms with Crippen molar-refractivity contribution in [2.45, 2.75) is 13.0 Å². The number of halogens is 1. The van der Waals surface area contributed by atoms with Gasteiger partial charge in [0.2, 0.25) is 0 Å². The molecule has 18 heavy (non-hydrogen) atoms. The Hall–Kier alpha value is -1.67. The predicted octanol–water partition coefficient (Wildman–Crippen LogP) is 4.19. The highest BCUT2D eigenvalue weighted by Gasteiger charge is 2.20. The molecule has 3 rings (SSSR count). The van der Waals surface area contributed by atoms with Crippen molar-refractivity contribution in [2.24, 2.45) is 0 Å². The van der Waals surface area contributed by atoms with Crippen molar-refractivity contribution in [2.75, 3.05) is 11.9 Å². The number of hydrogen-bond donors (Lipinski definition) is 1. The molecular weight excluding hydrogens is 246 g/mol. The van der Waals surface area contributed by atoms with Crippen LogP contribution in [-0.2, 0) is 0 Å². The van der Waals surface area contributed by atoms with Crippen LogP contribution in [0.25, 0.3) is 0 Å². The minimum atomic E-state index is 0.177. The van der Waals surface area contributed by atoms with Gasteiger partial charge in [-0.1, -0.05) is 29.8 Å². The third-order valence-corrected chi connectivity index (χ3v) is 3.39. The van der Waals surface area contributed by atoms with E-state index >= 15 is 0 Å². The first-order valence-electron chi connectivity index (χ1n) is 5.98. The molecule has 0 unspecified atom stereocenters. The molecule has 1 heterocycles. The highest BCUT2D eigenvalue weighted by molar-refractivity contribution is 6.30. The molecule has 0 radical (unpaired) electrons. The molecule has 0 saturated heterocycles. The first kappa shape index (κ1) is 11.4. The molecule has 1 atom stereocenters. The van der Waals surface area contributed by atoms with E-state index in [-0.39, 0.29) is 6.04 Å². The van der Waals surface area contributed by atoms with Crippen molar-refractivity contribution in [3.8, 4) is 5.75 Å². The summed E-state index contributed by atoms with van der Waals surface area (Å²) in [6.45, 7) is 2.71. The maximum Gasteiger partial charge on any atom is 0.142 e. The molecule has 1 aliphatic rings. The van der Waals surface area contributed by atoms with Crippen LogP contribution < -0.4 is 10.1 Å². The molecule has 1 aliphatic heterocycles. The van der Waals surface area contributed by atoms with Crippen LogP contribution in [0.3, 0.4) is 0 Å². The topological polar surface area (TPSA) is 21.3 Å². The van der Waals surface area contributed by atoms with Gasteiger partial charge < -0.3 is 10.1 Å². The lowest BCUT2D eigenvalue weighted by atomic mass is 10.1. The summed E-state index contributed by atoms with van der Waals surface area (Å²) >= 11 is 5.90. The Morgan fingerprint density at radius 3 is 2.72 bits per heavy atom. The summed E-state index contributed by atoms with van der Waals surface area (Å²) in [5, 5.41) is 4.26. The van der Waals surface area contributed by atoms with Gasteiger partial charge in [0, 0.05) is 5.02 Å². The van der Waals surface area contributed by atoms with E-state index in [2.05, 4.69) is 24.4 Å². The van der Waals surface area contributed by atoms with E-state index in [0.717, 1.165) is 16.5 Å². The highest BCUT2D eigenvalue weighted by Crippen LogP contribution is 2.34. The van der Waals surface area contributed by atoms with E-state index in [1.807, 2.05) is 30.3 Å². The molecule has 0 amide bonds. The Bertz CT molecular complexity index is 565. The number of aryl methyl sites for hydroxylation is 1. The quantitative estimate of drug-likeness (QED) is 0.829. The van der Waals surface area contributed by atoms with Gasteiger partial charge >= 0.3 is 0 Å². The zero-order chi connectivity index (χ0) is 12.5. The van der Waals surface area contributed by atoms with Gasteiger partial charge in [-0.3, -0.25) is 0 Å². The molecule has 2 nitrogen and oxygen atoms in total. The first-order valence-corrected chi connectivity index (χ1v) is 6.35. The second kappa shape index (κ2) is 4.54. The van der Waals surface area contributed by atoms with Gasteiger partial charge in [-0.25, -0.2) is 0 Å². The van der Waals surface area contributed by atoms with Crippen LogP contribution in [0.15, 0.2) is 42.5 Å². The van der Waals surface area contributed by atoms with E-state index in [9.17, 15) is 0 Å². The molecule has 0 spiro atoms. The Morgan fingerprint density at radius 1 is 1.17 bits per heavy atom. The molecule has 0 saturated carbocycles. The van der Waals surface area contributed by atoms with Gasteiger partial charge in [0.1, 0.15) is 12.4 Å². The fourth-order valence-corrected chi connectivity index (χ4v) is 2.29. The molecule has 1 N–H and O–H groups in total. The van der Waals surface area contributed by atoms with Crippen molar-refractivity contribution < 1.29 is 4.74 Å². The SMILES string of the molecule is Cc1ccc2c(c1)N[C@H](c1ccc(Cl)cc1)CO2. The first-order chi connectivity index (χ1) is 8.72. The monoisotopic (exact) mass is 259 g/mol. The Balaban J connectivity index is 1.88. The summed E-state index contributed by atoms with van der Waals surface area (Å²) in [5.41, 5.74) is 3.47. The molecule has 0 fully saturated rings. The number of anilines is 1. The second-order valence-electron chi connectivity index (χ2n) is 4.56. The third kappa shape index (κ3) is 2.16. The zero-order valence-corrected chi connectivity index (χ0v) is 10.9. The van der Waals surface area contributed by atoms with E-state index in [1.54, 1.807) is 0 Å². The molecule has 92 valence electrons. The Labute approximate surface area is 112 Å². The predicted molar refractivity (Wildman–Crippen MR) is 74.5 cm³/mol. The summed E-state index contributed by atoms with van der Waals surface area (Å²) in [5.74, 6) is 0.922. The largest absolute Gasteiger partial charge is 0.489 e. The van der Waals surface area contributed by atoms with Gasteiger partial charge in [0.15, 0.2) is 0 Å². The number of rotatable bonds is 1. The smallest absolute Gasteiger partial charge is 0.142 e. The van der Waals surface area contributed by atoms with Gasteiger partial charge in [-0.2, -0.15) is 0 Å². The van der Waals surface area contributed by atoms with Gasteiger partial charge in [0.25, 0.3) is 0 Å². The third-order valence-electron chi connectivity index (χ3n) is 3.14. The lowest BCUT2D eigenvalue weighted by Gasteiger charge is -2.28. The average Bonchev–Trinajstić information content (AvgIpc) is 2.38. The van der Waals surface area contributed by atoms with Gasteiger partial charge in [-0.05, 0) is 42.3 Å². The average molecular weight is 260 g/mol. The maximum absolute atomic E-state index is 5.90. The number of benzene rings is 2. The Kier molecular flexibility index (Phi) is 2.88. The number of hydrogen-bond acceptors (Lipinski definition) is 2. The normalized spacial score (nSPS) is 17.6. The second-order valence-corrected chi connectivity index (χ2v) is 5.00. The van der Waals surface area contributed by atoms with Crippen LogP contribution in [0.4, 0.5) is 5.69 Å². The molecule has 0 bridgehead atoms. The summed E-state index contributed by atoms with van der Waals surface area (Å²) in [6.07, 6.45) is 0. The summed E-state index contributed by atoms with van der Waals surface area (Å²) < 4.78 is 5.78. The number of nitrogens with one attached hydrogen (secondary N) is 1. The molecule has 0 aromatic heterocycles. The van der Waals surface area contributed by atoms with Crippen molar-refractivity contribution in [3.63, 3.8) is 0 Å². The van der Waals surface area contributed by atoms with Crippen LogP contribution in [-0.4, -0.2) is 6.61 Å². The van der Waals surface area contributed by atoms with Crippen LogP contribution in [0, 0.1) is 6.92 Å². The minimum absolute atomic E-state index is 0.177. The zero-order valence-electron chi connectivity index (χ0n) is 10.1. The fraction of sp³-hybridized carbons (Fsp3) is 0.200. The van der Waals surface area contributed by atoms with Crippen LogP contribution in [0.5, 0.6) is 5.75 Å². The van der Waals surface area contributed by atoms with Crippen LogP contribution in [0.2, 0.25) is 5.02 Å². The Morgan fingerprint density at radius 2 is 1.94 bits per heavy atom.